The number of aromatic nitrogens is 3. The van der Waals surface area contributed by atoms with E-state index in [9.17, 15) is 4.79 Å². The number of pyridine rings is 1. The van der Waals surface area contributed by atoms with Gasteiger partial charge in [-0.1, -0.05) is 12.1 Å². The number of fused-ring (bicyclic) bond motifs is 1. The summed E-state index contributed by atoms with van der Waals surface area (Å²) in [4.78, 5) is 21.3. The Kier molecular flexibility index (Phi) is 7.27. The summed E-state index contributed by atoms with van der Waals surface area (Å²) in [5, 5.41) is 4.31. The summed E-state index contributed by atoms with van der Waals surface area (Å²) in [6.45, 7) is 3.58. The summed E-state index contributed by atoms with van der Waals surface area (Å²) >= 11 is 0. The van der Waals surface area contributed by atoms with Crippen LogP contribution in [0.3, 0.4) is 0 Å². The molecule has 2 aromatic heterocycles. The van der Waals surface area contributed by atoms with Crippen molar-refractivity contribution in [1.29, 1.82) is 0 Å². The largest absolute Gasteiger partial charge is 0.493 e. The molecule has 0 bridgehead atoms. The number of imidazole rings is 1. The van der Waals surface area contributed by atoms with Crippen molar-refractivity contribution < 1.29 is 19.0 Å². The van der Waals surface area contributed by atoms with Gasteiger partial charge in [-0.05, 0) is 48.7 Å². The number of ether oxygens (including phenoxy) is 3. The van der Waals surface area contributed by atoms with E-state index < -0.39 is 5.97 Å². The first kappa shape index (κ1) is 23.1. The van der Waals surface area contributed by atoms with E-state index in [-0.39, 0.29) is 0 Å². The predicted octanol–water partition coefficient (Wildman–Crippen LogP) is 4.79. The third kappa shape index (κ3) is 4.96. The van der Waals surface area contributed by atoms with Crippen LogP contribution in [-0.4, -0.2) is 47.9 Å². The molecule has 0 saturated heterocycles. The predicted molar refractivity (Wildman–Crippen MR) is 132 cm³/mol. The molecule has 0 spiro atoms. The number of esters is 1. The number of nitrogens with zero attached hydrogens (tertiary/aromatic N) is 3. The van der Waals surface area contributed by atoms with Crippen molar-refractivity contribution >= 4 is 22.6 Å². The number of hydrogen-bond acceptors (Lipinski definition) is 7. The Hall–Kier alpha value is -4.07. The van der Waals surface area contributed by atoms with Gasteiger partial charge in [-0.2, -0.15) is 0 Å². The van der Waals surface area contributed by atoms with Gasteiger partial charge in [0.25, 0.3) is 0 Å². The molecule has 34 heavy (non-hydrogen) atoms. The van der Waals surface area contributed by atoms with Crippen molar-refractivity contribution in [3.63, 3.8) is 0 Å². The van der Waals surface area contributed by atoms with E-state index in [1.54, 1.807) is 39.9 Å². The van der Waals surface area contributed by atoms with Gasteiger partial charge in [0.15, 0.2) is 11.5 Å². The Bertz CT molecular complexity index is 1270. The number of hydrogen-bond donors (Lipinski definition) is 1. The molecule has 1 N–H and O–H groups in total. The summed E-state index contributed by atoms with van der Waals surface area (Å²) in [5.41, 5.74) is 3.86. The molecule has 0 aliphatic carbocycles. The Morgan fingerprint density at radius 1 is 1.06 bits per heavy atom. The van der Waals surface area contributed by atoms with Gasteiger partial charge in [-0.3, -0.25) is 4.98 Å². The lowest BCUT2D eigenvalue weighted by Gasteiger charge is -2.15. The van der Waals surface area contributed by atoms with Gasteiger partial charge in [0.1, 0.15) is 5.56 Å². The Morgan fingerprint density at radius 2 is 1.85 bits per heavy atom. The highest BCUT2D eigenvalue weighted by Crippen LogP contribution is 2.35. The molecule has 0 aliphatic heterocycles. The normalized spacial score (nSPS) is 10.8. The van der Waals surface area contributed by atoms with Crippen molar-refractivity contribution in [3.05, 3.63) is 66.9 Å². The van der Waals surface area contributed by atoms with Crippen molar-refractivity contribution in [2.24, 2.45) is 0 Å². The third-order valence-electron chi connectivity index (χ3n) is 5.53. The lowest BCUT2D eigenvalue weighted by molar-refractivity contribution is 0.0527. The molecule has 2 aromatic carbocycles. The molecule has 0 radical (unpaired) electrons. The second-order valence-corrected chi connectivity index (χ2v) is 7.65. The van der Waals surface area contributed by atoms with Crippen LogP contribution in [0.2, 0.25) is 0 Å². The van der Waals surface area contributed by atoms with Crippen LogP contribution in [0.15, 0.2) is 61.3 Å². The van der Waals surface area contributed by atoms with Crippen molar-refractivity contribution in [2.45, 2.75) is 19.9 Å². The Labute approximate surface area is 198 Å². The summed E-state index contributed by atoms with van der Waals surface area (Å²) in [6, 6.07) is 11.8. The molecular formula is C26H28N4O4. The summed E-state index contributed by atoms with van der Waals surface area (Å²) in [5.74, 6) is 0.917. The molecule has 0 unspecified atom stereocenters. The van der Waals surface area contributed by atoms with Crippen LogP contribution in [0, 0.1) is 0 Å². The fourth-order valence-corrected chi connectivity index (χ4v) is 3.84. The van der Waals surface area contributed by atoms with Gasteiger partial charge in [-0.25, -0.2) is 9.78 Å². The van der Waals surface area contributed by atoms with E-state index >= 15 is 0 Å². The first-order valence-electron chi connectivity index (χ1n) is 11.2. The van der Waals surface area contributed by atoms with E-state index in [0.717, 1.165) is 40.7 Å². The zero-order valence-electron chi connectivity index (χ0n) is 19.6. The minimum absolute atomic E-state index is 0.294. The van der Waals surface area contributed by atoms with E-state index in [2.05, 4.69) is 15.3 Å². The van der Waals surface area contributed by atoms with Gasteiger partial charge in [-0.15, -0.1) is 0 Å². The highest BCUT2D eigenvalue weighted by atomic mass is 16.5. The molecule has 0 amide bonds. The minimum atomic E-state index is -0.398. The third-order valence-corrected chi connectivity index (χ3v) is 5.53. The second kappa shape index (κ2) is 10.7. The summed E-state index contributed by atoms with van der Waals surface area (Å²) in [7, 11) is 3.23. The molecule has 0 aliphatic rings. The average molecular weight is 461 g/mol. The molecule has 8 heteroatoms. The van der Waals surface area contributed by atoms with Crippen molar-refractivity contribution in [3.8, 4) is 22.6 Å². The molecule has 4 rings (SSSR count). The number of benzene rings is 2. The quantitative estimate of drug-likeness (QED) is 0.269. The number of nitrogens with one attached hydrogen (secondary N) is 1. The first-order chi connectivity index (χ1) is 16.6. The van der Waals surface area contributed by atoms with Crippen LogP contribution in [0.1, 0.15) is 23.7 Å². The molecule has 2 heterocycles. The van der Waals surface area contributed by atoms with Crippen LogP contribution in [0.4, 0.5) is 5.69 Å². The summed E-state index contributed by atoms with van der Waals surface area (Å²) in [6.07, 6.45) is 7.92. The van der Waals surface area contributed by atoms with Gasteiger partial charge in [0, 0.05) is 37.1 Å². The lowest BCUT2D eigenvalue weighted by atomic mass is 10.0. The molecular weight excluding hydrogens is 432 g/mol. The number of carbonyl (C=O) groups is 1. The smallest absolute Gasteiger partial charge is 0.341 e. The van der Waals surface area contributed by atoms with Gasteiger partial charge < -0.3 is 24.1 Å². The van der Waals surface area contributed by atoms with E-state index in [1.165, 1.54) is 0 Å². The van der Waals surface area contributed by atoms with Gasteiger partial charge >= 0.3 is 5.97 Å². The van der Waals surface area contributed by atoms with E-state index in [4.69, 9.17) is 14.2 Å². The number of anilines is 1. The van der Waals surface area contributed by atoms with Crippen molar-refractivity contribution in [2.75, 3.05) is 32.7 Å². The zero-order valence-corrected chi connectivity index (χ0v) is 19.6. The number of methoxy groups -OCH3 is 2. The average Bonchev–Trinajstić information content (AvgIpc) is 3.39. The highest BCUT2D eigenvalue weighted by Gasteiger charge is 2.17. The second-order valence-electron chi connectivity index (χ2n) is 7.65. The Morgan fingerprint density at radius 3 is 2.59 bits per heavy atom. The molecule has 0 saturated carbocycles. The number of rotatable bonds is 10. The van der Waals surface area contributed by atoms with Crippen LogP contribution < -0.4 is 14.8 Å². The van der Waals surface area contributed by atoms with Gasteiger partial charge in [0.05, 0.1) is 38.4 Å². The zero-order chi connectivity index (χ0) is 23.9. The molecule has 8 nitrogen and oxygen atoms in total. The maximum absolute atomic E-state index is 12.7. The Balaban J connectivity index is 1.71. The maximum atomic E-state index is 12.7. The molecule has 0 fully saturated rings. The van der Waals surface area contributed by atoms with Crippen LogP contribution in [-0.2, 0) is 11.3 Å². The van der Waals surface area contributed by atoms with E-state index in [0.29, 0.717) is 30.2 Å². The van der Waals surface area contributed by atoms with Crippen LogP contribution >= 0.6 is 0 Å². The van der Waals surface area contributed by atoms with Crippen LogP contribution in [0.5, 0.6) is 11.5 Å². The first-order valence-corrected chi connectivity index (χ1v) is 11.2. The molecule has 0 atom stereocenters. The molecule has 4 aromatic rings. The summed E-state index contributed by atoms with van der Waals surface area (Å²) < 4.78 is 18.1. The standard InChI is InChI=1S/C26H28N4O4/c1-4-34-26(31)21-16-29-22-8-6-18(19-7-9-23(32-2)24(15-19)33-3)14-20(22)25(21)28-10-5-12-30-13-11-27-17-30/h6-9,11,13-17H,4-5,10,12H2,1-3H3,(H,28,29). The SMILES string of the molecule is CCOC(=O)c1cnc2ccc(-c3ccc(OC)c(OC)c3)cc2c1NCCCn1ccnc1. The minimum Gasteiger partial charge on any atom is -0.493 e. The fourth-order valence-electron chi connectivity index (χ4n) is 3.84. The topological polar surface area (TPSA) is 87.5 Å². The number of aryl methyl sites for hydroxylation is 1. The van der Waals surface area contributed by atoms with E-state index in [1.807, 2.05) is 47.2 Å². The maximum Gasteiger partial charge on any atom is 0.341 e. The van der Waals surface area contributed by atoms with Gasteiger partial charge in [0.2, 0.25) is 0 Å². The fraction of sp³-hybridized carbons (Fsp3) is 0.269. The van der Waals surface area contributed by atoms with Crippen LogP contribution in [0.25, 0.3) is 22.0 Å². The highest BCUT2D eigenvalue weighted by molar-refractivity contribution is 6.05. The monoisotopic (exact) mass is 460 g/mol. The van der Waals surface area contributed by atoms with Crippen molar-refractivity contribution in [1.82, 2.24) is 14.5 Å². The number of carbonyl (C=O) groups excluding carboxylic acids is 1. The lowest BCUT2D eigenvalue weighted by Crippen LogP contribution is -2.13. The molecule has 176 valence electrons.